The number of halogens is 1. The van der Waals surface area contributed by atoms with Crippen LogP contribution >= 0.6 is 0 Å². The molecule has 0 spiro atoms. The molecule has 0 aliphatic carbocycles. The van der Waals surface area contributed by atoms with Gasteiger partial charge in [-0.15, -0.1) is 0 Å². The molecule has 2 fully saturated rings. The smallest absolute Gasteiger partial charge is 0.322 e. The lowest BCUT2D eigenvalue weighted by atomic mass is 9.74. The van der Waals surface area contributed by atoms with Crippen molar-refractivity contribution in [3.05, 3.63) is 36.0 Å². The molecule has 1 aromatic carbocycles. The maximum Gasteiger partial charge on any atom is 0.322 e. The number of nitrogens with zero attached hydrogens (tertiary/aromatic N) is 3. The normalized spacial score (nSPS) is 23.5. The molecule has 4 rings (SSSR count). The zero-order valence-electron chi connectivity index (χ0n) is 15.5. The number of aromatic nitrogens is 2. The fourth-order valence-corrected chi connectivity index (χ4v) is 4.26. The average Bonchev–Trinajstić information content (AvgIpc) is 2.63. The van der Waals surface area contributed by atoms with E-state index in [-0.39, 0.29) is 6.03 Å². The first-order valence-corrected chi connectivity index (χ1v) is 9.27. The Morgan fingerprint density at radius 1 is 1.30 bits per heavy atom. The Labute approximate surface area is 157 Å². The SMILES string of the molecule is Cc1ccc(NC(=O)N2C3CC(C)C[C@@H]2C3)cc1-c1cc(OCF)cnn1. The number of piperidine rings is 1. The second kappa shape index (κ2) is 7.13. The molecule has 2 aliphatic rings. The summed E-state index contributed by atoms with van der Waals surface area (Å²) in [5.41, 5.74) is 3.08. The number of aryl methyl sites for hydroxylation is 1. The van der Waals surface area contributed by atoms with Crippen molar-refractivity contribution in [1.29, 1.82) is 0 Å². The lowest BCUT2D eigenvalue weighted by molar-refractivity contribution is -0.00601. The summed E-state index contributed by atoms with van der Waals surface area (Å²) in [5, 5.41) is 11.0. The van der Waals surface area contributed by atoms with Crippen LogP contribution in [0.3, 0.4) is 0 Å². The van der Waals surface area contributed by atoms with Gasteiger partial charge in [0.1, 0.15) is 5.75 Å². The lowest BCUT2D eigenvalue weighted by Crippen LogP contribution is -2.63. The van der Waals surface area contributed by atoms with Gasteiger partial charge in [0.25, 0.3) is 0 Å². The number of benzene rings is 1. The number of anilines is 1. The molecule has 27 heavy (non-hydrogen) atoms. The van der Waals surface area contributed by atoms with E-state index < -0.39 is 6.86 Å². The molecule has 3 heterocycles. The number of amides is 2. The molecule has 2 aliphatic heterocycles. The molecule has 0 saturated carbocycles. The van der Waals surface area contributed by atoms with Gasteiger partial charge in [-0.2, -0.15) is 10.2 Å². The van der Waals surface area contributed by atoms with E-state index in [9.17, 15) is 9.18 Å². The van der Waals surface area contributed by atoms with Gasteiger partial charge in [0.2, 0.25) is 6.86 Å². The first kappa shape index (κ1) is 17.7. The monoisotopic (exact) mass is 370 g/mol. The van der Waals surface area contributed by atoms with Crippen molar-refractivity contribution >= 4 is 11.7 Å². The summed E-state index contributed by atoms with van der Waals surface area (Å²) in [7, 11) is 0. The first-order chi connectivity index (χ1) is 13.0. The fourth-order valence-electron chi connectivity index (χ4n) is 4.26. The van der Waals surface area contributed by atoms with Gasteiger partial charge in [0.05, 0.1) is 11.9 Å². The van der Waals surface area contributed by atoms with E-state index in [0.29, 0.717) is 35.1 Å². The van der Waals surface area contributed by atoms with Gasteiger partial charge in [-0.1, -0.05) is 13.0 Å². The number of hydrogen-bond donors (Lipinski definition) is 1. The number of urea groups is 1. The minimum atomic E-state index is -0.920. The number of hydrogen-bond acceptors (Lipinski definition) is 4. The van der Waals surface area contributed by atoms with Gasteiger partial charge in [0.15, 0.2) is 0 Å². The molecule has 2 aromatic rings. The van der Waals surface area contributed by atoms with Crippen LogP contribution in [0.1, 0.15) is 31.7 Å². The van der Waals surface area contributed by atoms with E-state index in [1.807, 2.05) is 30.0 Å². The number of carbonyl (C=O) groups is 1. The highest BCUT2D eigenvalue weighted by molar-refractivity contribution is 5.91. The number of carbonyl (C=O) groups excluding carboxylic acids is 1. The van der Waals surface area contributed by atoms with Crippen molar-refractivity contribution in [2.24, 2.45) is 5.92 Å². The van der Waals surface area contributed by atoms with Crippen molar-refractivity contribution in [2.75, 3.05) is 12.2 Å². The third-order valence-corrected chi connectivity index (χ3v) is 5.53. The number of fused-ring (bicyclic) bond motifs is 2. The predicted molar refractivity (Wildman–Crippen MR) is 100 cm³/mol. The Bertz CT molecular complexity index is 848. The molecule has 0 radical (unpaired) electrons. The van der Waals surface area contributed by atoms with Gasteiger partial charge >= 0.3 is 6.03 Å². The summed E-state index contributed by atoms with van der Waals surface area (Å²) < 4.78 is 17.3. The Morgan fingerprint density at radius 2 is 2.07 bits per heavy atom. The van der Waals surface area contributed by atoms with Crippen molar-refractivity contribution in [3.8, 4) is 17.0 Å². The summed E-state index contributed by atoms with van der Waals surface area (Å²) in [6, 6.07) is 8.00. The topological polar surface area (TPSA) is 67.4 Å². The Balaban J connectivity index is 1.53. The molecular formula is C20H23FN4O2. The largest absolute Gasteiger partial charge is 0.461 e. The highest BCUT2D eigenvalue weighted by Crippen LogP contribution is 2.41. The number of nitrogens with one attached hydrogen (secondary N) is 1. The lowest BCUT2D eigenvalue weighted by Gasteiger charge is -2.54. The summed E-state index contributed by atoms with van der Waals surface area (Å²) in [6.07, 6.45) is 4.65. The van der Waals surface area contributed by atoms with Crippen LogP contribution in [0.2, 0.25) is 0 Å². The second-order valence-corrected chi connectivity index (χ2v) is 7.52. The summed E-state index contributed by atoms with van der Waals surface area (Å²) in [4.78, 5) is 14.7. The van der Waals surface area contributed by atoms with E-state index in [1.54, 1.807) is 6.07 Å². The van der Waals surface area contributed by atoms with E-state index in [4.69, 9.17) is 4.74 Å². The molecule has 2 saturated heterocycles. The molecule has 1 aromatic heterocycles. The van der Waals surface area contributed by atoms with Crippen LogP contribution in [0.4, 0.5) is 14.9 Å². The highest BCUT2D eigenvalue weighted by atomic mass is 19.1. The van der Waals surface area contributed by atoms with Crippen LogP contribution in [0.5, 0.6) is 5.75 Å². The van der Waals surface area contributed by atoms with Crippen LogP contribution in [-0.4, -0.2) is 40.1 Å². The number of alkyl halides is 1. The van der Waals surface area contributed by atoms with E-state index in [2.05, 4.69) is 22.4 Å². The quantitative estimate of drug-likeness (QED) is 0.877. The standard InChI is InChI=1S/C20H23FN4O2/c1-12-5-15-8-16(6-12)25(15)20(26)23-14-4-3-13(2)18(7-14)19-9-17(27-11-21)10-22-24-19/h3-4,7,9-10,12,15-16H,5-6,8,11H2,1-2H3,(H,23,26)/t12?,15-,16?/m1/s1. The molecular weight excluding hydrogens is 347 g/mol. The number of ether oxygens (including phenoxy) is 1. The molecule has 2 unspecified atom stereocenters. The third-order valence-electron chi connectivity index (χ3n) is 5.53. The Morgan fingerprint density at radius 3 is 2.81 bits per heavy atom. The van der Waals surface area contributed by atoms with Crippen molar-refractivity contribution in [1.82, 2.24) is 15.1 Å². The summed E-state index contributed by atoms with van der Waals surface area (Å²) in [5.74, 6) is 1.01. The Kier molecular flexibility index (Phi) is 4.68. The highest BCUT2D eigenvalue weighted by Gasteiger charge is 2.46. The van der Waals surface area contributed by atoms with Gasteiger partial charge < -0.3 is 15.0 Å². The molecule has 142 valence electrons. The molecule has 6 nitrogen and oxygen atoms in total. The maximum absolute atomic E-state index is 12.7. The van der Waals surface area contributed by atoms with Gasteiger partial charge in [0, 0.05) is 29.4 Å². The molecule has 7 heteroatoms. The maximum atomic E-state index is 12.7. The molecule has 3 atom stereocenters. The Hall–Kier alpha value is -2.70. The summed E-state index contributed by atoms with van der Waals surface area (Å²) >= 11 is 0. The van der Waals surface area contributed by atoms with Crippen LogP contribution in [0, 0.1) is 12.8 Å². The minimum Gasteiger partial charge on any atom is -0.461 e. The van der Waals surface area contributed by atoms with Crippen LogP contribution in [-0.2, 0) is 0 Å². The third kappa shape index (κ3) is 3.46. The van der Waals surface area contributed by atoms with Gasteiger partial charge in [-0.05, 0) is 49.8 Å². The zero-order chi connectivity index (χ0) is 19.0. The molecule has 1 N–H and O–H groups in total. The van der Waals surface area contributed by atoms with E-state index in [1.165, 1.54) is 6.20 Å². The zero-order valence-corrected chi connectivity index (χ0v) is 15.5. The van der Waals surface area contributed by atoms with Crippen LogP contribution < -0.4 is 10.1 Å². The molecule has 2 bridgehead atoms. The van der Waals surface area contributed by atoms with Gasteiger partial charge in [-0.3, -0.25) is 0 Å². The molecule has 2 amide bonds. The van der Waals surface area contributed by atoms with E-state index in [0.717, 1.165) is 30.4 Å². The minimum absolute atomic E-state index is 0.0430. The first-order valence-electron chi connectivity index (χ1n) is 9.27. The second-order valence-electron chi connectivity index (χ2n) is 7.52. The summed E-state index contributed by atoms with van der Waals surface area (Å²) in [6.45, 7) is 3.28. The number of rotatable bonds is 4. The van der Waals surface area contributed by atoms with Crippen molar-refractivity contribution in [2.45, 2.75) is 45.2 Å². The fraction of sp³-hybridized carbons (Fsp3) is 0.450. The predicted octanol–water partition coefficient (Wildman–Crippen LogP) is 4.16. The van der Waals surface area contributed by atoms with Crippen molar-refractivity contribution in [3.63, 3.8) is 0 Å². The van der Waals surface area contributed by atoms with Crippen LogP contribution in [0.25, 0.3) is 11.3 Å². The average molecular weight is 370 g/mol. The van der Waals surface area contributed by atoms with Crippen LogP contribution in [0.15, 0.2) is 30.5 Å². The van der Waals surface area contributed by atoms with E-state index >= 15 is 0 Å². The van der Waals surface area contributed by atoms with Gasteiger partial charge in [-0.25, -0.2) is 9.18 Å². The van der Waals surface area contributed by atoms with Crippen molar-refractivity contribution < 1.29 is 13.9 Å².